The van der Waals surface area contributed by atoms with E-state index in [1.807, 2.05) is 4.90 Å². The molecule has 3 rings (SSSR count). The van der Waals surface area contributed by atoms with Crippen molar-refractivity contribution in [3.8, 4) is 0 Å². The van der Waals surface area contributed by atoms with Crippen molar-refractivity contribution in [1.29, 1.82) is 0 Å². The van der Waals surface area contributed by atoms with E-state index in [4.69, 9.17) is 9.84 Å². The summed E-state index contributed by atoms with van der Waals surface area (Å²) in [6.45, 7) is 5.03. The molecule has 2 unspecified atom stereocenters. The van der Waals surface area contributed by atoms with Gasteiger partial charge in [0.05, 0.1) is 24.7 Å². The number of benzene rings is 1. The van der Waals surface area contributed by atoms with E-state index in [-0.39, 0.29) is 17.9 Å². The molecular formula is C22H32F3NO3. The fourth-order valence-corrected chi connectivity index (χ4v) is 4.07. The molecule has 1 spiro atoms. The van der Waals surface area contributed by atoms with E-state index in [1.54, 1.807) is 13.8 Å². The van der Waals surface area contributed by atoms with Crippen LogP contribution in [0.2, 0.25) is 0 Å². The van der Waals surface area contributed by atoms with Gasteiger partial charge in [-0.25, -0.2) is 0 Å². The molecule has 2 aliphatic heterocycles. The van der Waals surface area contributed by atoms with Gasteiger partial charge >= 0.3 is 6.18 Å². The van der Waals surface area contributed by atoms with Crippen molar-refractivity contribution in [3.05, 3.63) is 35.9 Å². The zero-order chi connectivity index (χ0) is 21.5. The SMILES string of the molecule is CC(=O)N1CCC2(CC1)CC(c1ccccc1)CO2.CCCC(CO)C(F)(F)F. The lowest BCUT2D eigenvalue weighted by atomic mass is 9.83. The Morgan fingerprint density at radius 3 is 2.34 bits per heavy atom. The van der Waals surface area contributed by atoms with Crippen LogP contribution in [0.3, 0.4) is 0 Å². The molecule has 2 fully saturated rings. The summed E-state index contributed by atoms with van der Waals surface area (Å²) in [7, 11) is 0. The second-order valence-corrected chi connectivity index (χ2v) is 8.02. The van der Waals surface area contributed by atoms with Crippen LogP contribution in [0.5, 0.6) is 0 Å². The molecule has 29 heavy (non-hydrogen) atoms. The topological polar surface area (TPSA) is 49.8 Å². The molecule has 1 amide bonds. The van der Waals surface area contributed by atoms with Gasteiger partial charge in [0.1, 0.15) is 0 Å². The van der Waals surface area contributed by atoms with Crippen LogP contribution >= 0.6 is 0 Å². The van der Waals surface area contributed by atoms with E-state index >= 15 is 0 Å². The van der Waals surface area contributed by atoms with Gasteiger partial charge in [0.2, 0.25) is 5.91 Å². The number of amides is 1. The van der Waals surface area contributed by atoms with Gasteiger partial charge in [-0.15, -0.1) is 0 Å². The van der Waals surface area contributed by atoms with Crippen LogP contribution in [0.25, 0.3) is 0 Å². The molecule has 2 saturated heterocycles. The quantitative estimate of drug-likeness (QED) is 0.786. The number of hydrogen-bond donors (Lipinski definition) is 1. The van der Waals surface area contributed by atoms with Crippen molar-refractivity contribution in [2.24, 2.45) is 5.92 Å². The molecule has 2 aliphatic rings. The zero-order valence-electron chi connectivity index (χ0n) is 17.3. The number of ether oxygens (including phenoxy) is 1. The van der Waals surface area contributed by atoms with Crippen LogP contribution in [0.1, 0.15) is 57.4 Å². The molecule has 7 heteroatoms. The summed E-state index contributed by atoms with van der Waals surface area (Å²) in [6, 6.07) is 10.6. The number of aliphatic hydroxyl groups is 1. The van der Waals surface area contributed by atoms with Crippen molar-refractivity contribution < 1.29 is 27.8 Å². The molecule has 0 aromatic heterocycles. The average molecular weight is 415 g/mol. The molecule has 2 heterocycles. The summed E-state index contributed by atoms with van der Waals surface area (Å²) >= 11 is 0. The maximum absolute atomic E-state index is 11.7. The Balaban J connectivity index is 0.000000257. The second kappa shape index (κ2) is 10.4. The maximum Gasteiger partial charge on any atom is 0.394 e. The third kappa shape index (κ3) is 6.71. The minimum atomic E-state index is -4.23. The van der Waals surface area contributed by atoms with Gasteiger partial charge in [0, 0.05) is 25.9 Å². The Bertz CT molecular complexity index is 628. The molecular weight excluding hydrogens is 383 g/mol. The highest BCUT2D eigenvalue weighted by atomic mass is 19.4. The average Bonchev–Trinajstić information content (AvgIpc) is 3.10. The van der Waals surface area contributed by atoms with Crippen molar-refractivity contribution in [2.75, 3.05) is 26.3 Å². The maximum atomic E-state index is 11.7. The van der Waals surface area contributed by atoms with E-state index < -0.39 is 18.7 Å². The minimum absolute atomic E-state index is 0.0139. The van der Waals surface area contributed by atoms with Gasteiger partial charge in [-0.2, -0.15) is 13.2 Å². The van der Waals surface area contributed by atoms with Gasteiger partial charge in [-0.3, -0.25) is 4.79 Å². The number of hydrogen-bond acceptors (Lipinski definition) is 3. The van der Waals surface area contributed by atoms with Crippen LogP contribution in [0.15, 0.2) is 30.3 Å². The first-order chi connectivity index (χ1) is 13.7. The number of carbonyl (C=O) groups is 1. The normalized spacial score (nSPS) is 22.1. The first-order valence-electron chi connectivity index (χ1n) is 10.3. The Labute approximate surface area is 171 Å². The monoisotopic (exact) mass is 415 g/mol. The number of carbonyl (C=O) groups excluding carboxylic acids is 1. The molecule has 1 aromatic carbocycles. The largest absolute Gasteiger partial charge is 0.396 e. The second-order valence-electron chi connectivity index (χ2n) is 8.02. The molecule has 4 nitrogen and oxygen atoms in total. The van der Waals surface area contributed by atoms with E-state index in [0.717, 1.165) is 39.0 Å². The number of likely N-dealkylation sites (tertiary alicyclic amines) is 1. The minimum Gasteiger partial charge on any atom is -0.396 e. The standard InChI is InChI=1S/C16H21NO2.C6H11F3O/c1-13(18)17-9-7-16(8-10-17)11-15(12-19-16)14-5-3-2-4-6-14;1-2-3-5(4-10)6(7,8)9/h2-6,15H,7-12H2,1H3;5,10H,2-4H2,1H3. The molecule has 2 atom stereocenters. The summed E-state index contributed by atoms with van der Waals surface area (Å²) in [4.78, 5) is 13.3. The molecule has 0 aliphatic carbocycles. The zero-order valence-corrected chi connectivity index (χ0v) is 17.3. The molecule has 0 bridgehead atoms. The molecule has 0 radical (unpaired) electrons. The van der Waals surface area contributed by atoms with Gasteiger partial charge in [0.15, 0.2) is 0 Å². The van der Waals surface area contributed by atoms with Gasteiger partial charge in [0.25, 0.3) is 0 Å². The molecule has 1 N–H and O–H groups in total. The van der Waals surface area contributed by atoms with E-state index in [2.05, 4.69) is 30.3 Å². The number of piperidine rings is 1. The highest BCUT2D eigenvalue weighted by Gasteiger charge is 2.43. The van der Waals surface area contributed by atoms with Crippen molar-refractivity contribution in [1.82, 2.24) is 4.90 Å². The first kappa shape index (κ1) is 23.7. The van der Waals surface area contributed by atoms with E-state index in [0.29, 0.717) is 12.3 Å². The number of alkyl halides is 3. The van der Waals surface area contributed by atoms with Crippen LogP contribution in [-0.2, 0) is 9.53 Å². The molecule has 164 valence electrons. The lowest BCUT2D eigenvalue weighted by Gasteiger charge is -2.38. The van der Waals surface area contributed by atoms with Crippen molar-refractivity contribution in [2.45, 2.75) is 63.6 Å². The summed E-state index contributed by atoms with van der Waals surface area (Å²) in [5, 5.41) is 8.27. The Kier molecular flexibility index (Phi) is 8.52. The fourth-order valence-electron chi connectivity index (χ4n) is 4.07. The smallest absolute Gasteiger partial charge is 0.394 e. The summed E-state index contributed by atoms with van der Waals surface area (Å²) < 4.78 is 41.4. The van der Waals surface area contributed by atoms with E-state index in [9.17, 15) is 18.0 Å². The van der Waals surface area contributed by atoms with E-state index in [1.165, 1.54) is 5.56 Å². The van der Waals surface area contributed by atoms with Crippen LogP contribution in [0, 0.1) is 5.92 Å². The van der Waals surface area contributed by atoms with Crippen LogP contribution in [-0.4, -0.2) is 54.0 Å². The molecule has 0 saturated carbocycles. The first-order valence-corrected chi connectivity index (χ1v) is 10.3. The fraction of sp³-hybridized carbons (Fsp3) is 0.682. The van der Waals surface area contributed by atoms with Crippen molar-refractivity contribution in [3.63, 3.8) is 0 Å². The summed E-state index contributed by atoms with van der Waals surface area (Å²) in [6.07, 6.45) is -0.704. The van der Waals surface area contributed by atoms with Gasteiger partial charge in [-0.1, -0.05) is 43.7 Å². The summed E-state index contributed by atoms with van der Waals surface area (Å²) in [5.41, 5.74) is 1.40. The Morgan fingerprint density at radius 2 is 1.90 bits per heavy atom. The molecule has 1 aromatic rings. The summed E-state index contributed by atoms with van der Waals surface area (Å²) in [5.74, 6) is -0.824. The lowest BCUT2D eigenvalue weighted by Crippen LogP contribution is -2.45. The predicted molar refractivity (Wildman–Crippen MR) is 106 cm³/mol. The Hall–Kier alpha value is -1.60. The van der Waals surface area contributed by atoms with Crippen LogP contribution < -0.4 is 0 Å². The number of rotatable bonds is 4. The van der Waals surface area contributed by atoms with Gasteiger partial charge < -0.3 is 14.7 Å². The third-order valence-corrected chi connectivity index (χ3v) is 5.92. The highest BCUT2D eigenvalue weighted by molar-refractivity contribution is 5.73. The van der Waals surface area contributed by atoms with Gasteiger partial charge in [-0.05, 0) is 31.2 Å². The lowest BCUT2D eigenvalue weighted by molar-refractivity contribution is -0.185. The third-order valence-electron chi connectivity index (χ3n) is 5.92. The number of aliphatic hydroxyl groups excluding tert-OH is 1. The number of halogens is 3. The number of nitrogens with zero attached hydrogens (tertiary/aromatic N) is 1. The Morgan fingerprint density at radius 1 is 1.28 bits per heavy atom. The van der Waals surface area contributed by atoms with Crippen LogP contribution in [0.4, 0.5) is 13.2 Å². The highest BCUT2D eigenvalue weighted by Crippen LogP contribution is 2.42. The predicted octanol–water partition coefficient (Wildman–Crippen LogP) is 4.53. The van der Waals surface area contributed by atoms with Crippen molar-refractivity contribution >= 4 is 5.91 Å².